The third-order valence-corrected chi connectivity index (χ3v) is 4.80. The minimum atomic E-state index is 0.0330. The molecule has 6 heteroatoms. The van der Waals surface area contributed by atoms with Crippen molar-refractivity contribution in [2.24, 2.45) is 0 Å². The van der Waals surface area contributed by atoms with E-state index in [4.69, 9.17) is 9.72 Å². The van der Waals surface area contributed by atoms with E-state index in [0.717, 1.165) is 50.3 Å². The van der Waals surface area contributed by atoms with Gasteiger partial charge in [-0.3, -0.25) is 4.79 Å². The average Bonchev–Trinajstić information content (AvgIpc) is 3.23. The molecule has 1 fully saturated rings. The summed E-state index contributed by atoms with van der Waals surface area (Å²) in [5.41, 5.74) is 1.49. The lowest BCUT2D eigenvalue weighted by Gasteiger charge is -2.24. The fourth-order valence-electron chi connectivity index (χ4n) is 3.26. The number of hydrogen-bond donors (Lipinski definition) is 0. The van der Waals surface area contributed by atoms with Gasteiger partial charge in [-0.2, -0.15) is 0 Å². The largest absolute Gasteiger partial charge is 0.497 e. The number of hydrogen-bond acceptors (Lipinski definition) is 5. The first-order valence-electron chi connectivity index (χ1n) is 9.23. The van der Waals surface area contributed by atoms with Crippen LogP contribution in [0, 0.1) is 0 Å². The Bertz CT molecular complexity index is 751. The molecule has 0 bridgehead atoms. The highest BCUT2D eigenvalue weighted by atomic mass is 16.5. The first-order valence-corrected chi connectivity index (χ1v) is 9.23. The first kappa shape index (κ1) is 18.2. The topological polar surface area (TPSA) is 58.6 Å². The maximum atomic E-state index is 12.9. The summed E-state index contributed by atoms with van der Waals surface area (Å²) in [6, 6.07) is 7.64. The van der Waals surface area contributed by atoms with Gasteiger partial charge in [0, 0.05) is 37.9 Å². The van der Waals surface area contributed by atoms with Crippen LogP contribution in [0.1, 0.15) is 37.0 Å². The van der Waals surface area contributed by atoms with Gasteiger partial charge < -0.3 is 14.5 Å². The normalized spacial score (nSPS) is 13.7. The van der Waals surface area contributed by atoms with Crippen LogP contribution in [0.5, 0.6) is 5.75 Å². The second kappa shape index (κ2) is 8.17. The van der Waals surface area contributed by atoms with E-state index in [-0.39, 0.29) is 5.91 Å². The smallest absolute Gasteiger partial charge is 0.259 e. The highest BCUT2D eigenvalue weighted by Crippen LogP contribution is 2.26. The summed E-state index contributed by atoms with van der Waals surface area (Å²) >= 11 is 0. The van der Waals surface area contributed by atoms with Gasteiger partial charge in [0.15, 0.2) is 5.82 Å². The van der Waals surface area contributed by atoms with Gasteiger partial charge in [-0.15, -0.1) is 0 Å². The molecule has 26 heavy (non-hydrogen) atoms. The molecule has 6 nitrogen and oxygen atoms in total. The first-order chi connectivity index (χ1) is 12.7. The van der Waals surface area contributed by atoms with E-state index in [2.05, 4.69) is 23.7 Å². The number of anilines is 1. The maximum absolute atomic E-state index is 12.9. The molecule has 0 radical (unpaired) electrons. The zero-order chi connectivity index (χ0) is 18.5. The van der Waals surface area contributed by atoms with Crippen LogP contribution >= 0.6 is 0 Å². The van der Waals surface area contributed by atoms with Crippen molar-refractivity contribution in [1.29, 1.82) is 0 Å². The lowest BCUT2D eigenvalue weighted by Crippen LogP contribution is -2.32. The Labute approximate surface area is 154 Å². The molecule has 1 aliphatic heterocycles. The van der Waals surface area contributed by atoms with Crippen LogP contribution in [0.3, 0.4) is 0 Å². The third kappa shape index (κ3) is 3.64. The maximum Gasteiger partial charge on any atom is 0.259 e. The zero-order valence-corrected chi connectivity index (χ0v) is 15.7. The summed E-state index contributed by atoms with van der Waals surface area (Å²) < 4.78 is 5.21. The number of rotatable bonds is 6. The summed E-state index contributed by atoms with van der Waals surface area (Å²) in [6.07, 6.45) is 3.81. The number of nitrogens with zero attached hydrogens (tertiary/aromatic N) is 4. The van der Waals surface area contributed by atoms with Gasteiger partial charge in [0.1, 0.15) is 17.1 Å². The van der Waals surface area contributed by atoms with Crippen molar-refractivity contribution in [2.45, 2.75) is 26.7 Å². The van der Waals surface area contributed by atoms with Crippen molar-refractivity contribution in [1.82, 2.24) is 14.9 Å². The van der Waals surface area contributed by atoms with Crippen LogP contribution in [0.25, 0.3) is 11.4 Å². The van der Waals surface area contributed by atoms with Crippen molar-refractivity contribution in [2.75, 3.05) is 38.2 Å². The Kier molecular flexibility index (Phi) is 5.71. The molecule has 2 aromatic rings. The molecule has 0 N–H and O–H groups in total. The van der Waals surface area contributed by atoms with Crippen LogP contribution in [0.4, 0.5) is 5.82 Å². The average molecular weight is 354 g/mol. The molecule has 1 aliphatic rings. The van der Waals surface area contributed by atoms with E-state index in [1.807, 2.05) is 29.2 Å². The third-order valence-electron chi connectivity index (χ3n) is 4.80. The summed E-state index contributed by atoms with van der Waals surface area (Å²) in [5.74, 6) is 2.16. The van der Waals surface area contributed by atoms with Gasteiger partial charge in [0.05, 0.1) is 7.11 Å². The molecule has 3 rings (SSSR count). The van der Waals surface area contributed by atoms with E-state index in [0.29, 0.717) is 17.2 Å². The van der Waals surface area contributed by atoms with Gasteiger partial charge in [-0.1, -0.05) is 0 Å². The fourth-order valence-corrected chi connectivity index (χ4v) is 3.26. The molecule has 0 unspecified atom stereocenters. The van der Waals surface area contributed by atoms with Crippen LogP contribution in [-0.4, -0.2) is 54.1 Å². The number of ether oxygens (including phenoxy) is 1. The zero-order valence-electron chi connectivity index (χ0n) is 15.7. The van der Waals surface area contributed by atoms with Gasteiger partial charge in [0.25, 0.3) is 5.91 Å². The van der Waals surface area contributed by atoms with Crippen molar-refractivity contribution >= 4 is 11.7 Å². The molecule has 1 amide bonds. The monoisotopic (exact) mass is 354 g/mol. The fraction of sp³-hybridized carbons (Fsp3) is 0.450. The lowest BCUT2D eigenvalue weighted by atomic mass is 10.2. The minimum Gasteiger partial charge on any atom is -0.497 e. The van der Waals surface area contributed by atoms with E-state index < -0.39 is 0 Å². The molecule has 1 aromatic heterocycles. The molecular formula is C20H26N4O2. The highest BCUT2D eigenvalue weighted by molar-refractivity contribution is 5.99. The van der Waals surface area contributed by atoms with Crippen molar-refractivity contribution in [3.8, 4) is 17.1 Å². The number of carbonyl (C=O) groups is 1. The van der Waals surface area contributed by atoms with E-state index in [1.54, 1.807) is 13.3 Å². The van der Waals surface area contributed by atoms with Crippen LogP contribution in [0.2, 0.25) is 0 Å². The van der Waals surface area contributed by atoms with Crippen molar-refractivity contribution in [3.63, 3.8) is 0 Å². The summed E-state index contributed by atoms with van der Waals surface area (Å²) in [7, 11) is 1.64. The number of amides is 1. The second-order valence-corrected chi connectivity index (χ2v) is 6.33. The molecule has 138 valence electrons. The molecule has 0 spiro atoms. The molecule has 0 saturated carbocycles. The number of benzene rings is 1. The molecule has 0 aliphatic carbocycles. The number of carbonyl (C=O) groups excluding carboxylic acids is 1. The Morgan fingerprint density at radius 2 is 1.81 bits per heavy atom. The summed E-state index contributed by atoms with van der Waals surface area (Å²) in [5, 5.41) is 0. The van der Waals surface area contributed by atoms with Gasteiger partial charge in [-0.05, 0) is 51.0 Å². The Morgan fingerprint density at radius 3 is 2.38 bits per heavy atom. The predicted molar refractivity (Wildman–Crippen MR) is 103 cm³/mol. The van der Waals surface area contributed by atoms with Crippen LogP contribution in [-0.2, 0) is 0 Å². The molecule has 2 heterocycles. The number of likely N-dealkylation sites (tertiary alicyclic amines) is 1. The number of aromatic nitrogens is 2. The molecular weight excluding hydrogens is 328 g/mol. The highest BCUT2D eigenvalue weighted by Gasteiger charge is 2.25. The standard InChI is InChI=1S/C20H26N4O2/c1-4-23(5-2)19-17(20(25)24-12-6-7-13-24)14-21-18(22-19)15-8-10-16(26-3)11-9-15/h8-11,14H,4-7,12-13H2,1-3H3. The minimum absolute atomic E-state index is 0.0330. The molecule has 1 saturated heterocycles. The van der Waals surface area contributed by atoms with Crippen molar-refractivity contribution < 1.29 is 9.53 Å². The second-order valence-electron chi connectivity index (χ2n) is 6.33. The Balaban J connectivity index is 2.00. The molecule has 0 atom stereocenters. The van der Waals surface area contributed by atoms with Crippen molar-refractivity contribution in [3.05, 3.63) is 36.0 Å². The van der Waals surface area contributed by atoms with E-state index in [9.17, 15) is 4.79 Å². The van der Waals surface area contributed by atoms with Gasteiger partial charge in [0.2, 0.25) is 0 Å². The van der Waals surface area contributed by atoms with E-state index >= 15 is 0 Å². The lowest BCUT2D eigenvalue weighted by molar-refractivity contribution is 0.0792. The SMILES string of the molecule is CCN(CC)c1nc(-c2ccc(OC)cc2)ncc1C(=O)N1CCCC1. The van der Waals surface area contributed by atoms with Crippen LogP contribution in [0.15, 0.2) is 30.5 Å². The van der Waals surface area contributed by atoms with Gasteiger partial charge in [-0.25, -0.2) is 9.97 Å². The molecule has 1 aromatic carbocycles. The van der Waals surface area contributed by atoms with Gasteiger partial charge >= 0.3 is 0 Å². The summed E-state index contributed by atoms with van der Waals surface area (Å²) in [4.78, 5) is 26.2. The van der Waals surface area contributed by atoms with Crippen LogP contribution < -0.4 is 9.64 Å². The predicted octanol–water partition coefficient (Wildman–Crippen LogP) is 3.23. The Morgan fingerprint density at radius 1 is 1.15 bits per heavy atom. The van der Waals surface area contributed by atoms with E-state index in [1.165, 1.54) is 0 Å². The Hall–Kier alpha value is -2.63. The summed E-state index contributed by atoms with van der Waals surface area (Å²) in [6.45, 7) is 7.35. The quantitative estimate of drug-likeness (QED) is 0.797. The number of methoxy groups -OCH3 is 1.